The van der Waals surface area contributed by atoms with Gasteiger partial charge >= 0.3 is 0 Å². The molecule has 0 atom stereocenters. The molecule has 0 saturated heterocycles. The average Bonchev–Trinajstić information content (AvgIpc) is 3.05. The highest BCUT2D eigenvalue weighted by Crippen LogP contribution is 2.28. The summed E-state index contributed by atoms with van der Waals surface area (Å²) in [5.41, 5.74) is 0.755. The number of H-pyrrole nitrogens is 1. The Kier molecular flexibility index (Phi) is 2.87. The summed E-state index contributed by atoms with van der Waals surface area (Å²) in [4.78, 5) is 6.95. The Morgan fingerprint density at radius 1 is 1.26 bits per heavy atom. The van der Waals surface area contributed by atoms with Crippen molar-refractivity contribution in [1.29, 1.82) is 0 Å². The summed E-state index contributed by atoms with van der Waals surface area (Å²) in [6.45, 7) is 0. The van der Waals surface area contributed by atoms with Crippen LogP contribution < -0.4 is 0 Å². The van der Waals surface area contributed by atoms with Gasteiger partial charge in [-0.25, -0.2) is 13.8 Å². The first kappa shape index (κ1) is 11.6. The molecule has 0 spiro atoms. The second-order valence-corrected chi connectivity index (χ2v) is 4.10. The fraction of sp³-hybridized carbons (Fsp3) is 0.0714. The molecule has 3 rings (SSSR count). The number of furan rings is 1. The van der Waals surface area contributed by atoms with Gasteiger partial charge in [-0.1, -0.05) is 0 Å². The Hall–Kier alpha value is -2.43. The lowest BCUT2D eigenvalue weighted by molar-refractivity contribution is 0.561. The highest BCUT2D eigenvalue weighted by molar-refractivity contribution is 5.63. The third-order valence-corrected chi connectivity index (χ3v) is 2.85. The SMILES string of the molecule is Fc1cc(F)c(Cc2ncc[nH]2)c(-c2ccco2)c1. The molecule has 3 aromatic rings. The van der Waals surface area contributed by atoms with Gasteiger partial charge in [-0.3, -0.25) is 0 Å². The molecule has 0 unspecified atom stereocenters. The number of hydrogen-bond acceptors (Lipinski definition) is 2. The van der Waals surface area contributed by atoms with Crippen LogP contribution >= 0.6 is 0 Å². The van der Waals surface area contributed by atoms with E-state index in [2.05, 4.69) is 9.97 Å². The molecule has 0 bridgehead atoms. The summed E-state index contributed by atoms with van der Waals surface area (Å²) in [5, 5.41) is 0. The van der Waals surface area contributed by atoms with Crippen LogP contribution in [0.2, 0.25) is 0 Å². The zero-order valence-electron chi connectivity index (χ0n) is 9.86. The van der Waals surface area contributed by atoms with Gasteiger partial charge in [0, 0.05) is 36.0 Å². The molecular formula is C14H10F2N2O. The van der Waals surface area contributed by atoms with Crippen molar-refractivity contribution in [3.8, 4) is 11.3 Å². The van der Waals surface area contributed by atoms with Gasteiger partial charge in [0.15, 0.2) is 0 Å². The van der Waals surface area contributed by atoms with E-state index < -0.39 is 11.6 Å². The average molecular weight is 260 g/mol. The van der Waals surface area contributed by atoms with Crippen LogP contribution in [0, 0.1) is 11.6 Å². The summed E-state index contributed by atoms with van der Waals surface area (Å²) in [5.74, 6) is -0.201. The van der Waals surface area contributed by atoms with Crippen LogP contribution in [-0.4, -0.2) is 9.97 Å². The Bertz CT molecular complexity index is 676. The number of rotatable bonds is 3. The molecule has 2 aromatic heterocycles. The molecule has 0 aliphatic rings. The first-order chi connectivity index (χ1) is 9.24. The molecule has 5 heteroatoms. The van der Waals surface area contributed by atoms with Gasteiger partial charge in [-0.05, 0) is 18.2 Å². The number of nitrogens with one attached hydrogen (secondary N) is 1. The minimum absolute atomic E-state index is 0.245. The van der Waals surface area contributed by atoms with Crippen molar-refractivity contribution in [3.63, 3.8) is 0 Å². The molecule has 3 nitrogen and oxygen atoms in total. The standard InChI is InChI=1S/C14H10F2N2O/c15-9-6-11(13-2-1-5-19-13)10(12(16)7-9)8-14-17-3-4-18-14/h1-7H,8H2,(H,17,18). The summed E-state index contributed by atoms with van der Waals surface area (Å²) >= 11 is 0. The van der Waals surface area contributed by atoms with Crippen LogP contribution in [0.25, 0.3) is 11.3 Å². The van der Waals surface area contributed by atoms with Crippen LogP contribution in [0.5, 0.6) is 0 Å². The van der Waals surface area contributed by atoms with Crippen molar-refractivity contribution < 1.29 is 13.2 Å². The second-order valence-electron chi connectivity index (χ2n) is 4.10. The monoisotopic (exact) mass is 260 g/mol. The summed E-state index contributed by atoms with van der Waals surface area (Å²) in [6, 6.07) is 5.47. The number of hydrogen-bond donors (Lipinski definition) is 1. The largest absolute Gasteiger partial charge is 0.464 e. The van der Waals surface area contributed by atoms with E-state index >= 15 is 0 Å². The van der Waals surface area contributed by atoms with Crippen molar-refractivity contribution >= 4 is 0 Å². The fourth-order valence-electron chi connectivity index (χ4n) is 2.00. The predicted molar refractivity (Wildman–Crippen MR) is 65.5 cm³/mol. The molecule has 0 saturated carbocycles. The molecule has 96 valence electrons. The summed E-state index contributed by atoms with van der Waals surface area (Å²) in [7, 11) is 0. The highest BCUT2D eigenvalue weighted by atomic mass is 19.1. The topological polar surface area (TPSA) is 41.8 Å². The van der Waals surface area contributed by atoms with Gasteiger partial charge in [0.25, 0.3) is 0 Å². The Labute approximate surface area is 107 Å². The van der Waals surface area contributed by atoms with Crippen molar-refractivity contribution in [2.75, 3.05) is 0 Å². The molecule has 1 aromatic carbocycles. The minimum Gasteiger partial charge on any atom is -0.464 e. The van der Waals surface area contributed by atoms with Crippen molar-refractivity contribution in [2.45, 2.75) is 6.42 Å². The number of aromatic nitrogens is 2. The molecule has 0 amide bonds. The maximum Gasteiger partial charge on any atom is 0.134 e. The predicted octanol–water partition coefficient (Wildman–Crippen LogP) is 3.54. The van der Waals surface area contributed by atoms with Crippen molar-refractivity contribution in [2.24, 2.45) is 0 Å². The molecule has 0 aliphatic heterocycles. The Balaban J connectivity index is 2.11. The Morgan fingerprint density at radius 3 is 2.84 bits per heavy atom. The van der Waals surface area contributed by atoms with Crippen LogP contribution in [0.1, 0.15) is 11.4 Å². The minimum atomic E-state index is -0.632. The summed E-state index contributed by atoms with van der Waals surface area (Å²) < 4.78 is 32.6. The second kappa shape index (κ2) is 4.68. The van der Waals surface area contributed by atoms with Crippen LogP contribution in [0.15, 0.2) is 47.3 Å². The molecule has 0 radical (unpaired) electrons. The van der Waals surface area contributed by atoms with E-state index in [1.165, 1.54) is 12.3 Å². The molecule has 1 N–H and O–H groups in total. The van der Waals surface area contributed by atoms with Gasteiger partial charge in [0.05, 0.1) is 6.26 Å². The zero-order chi connectivity index (χ0) is 13.2. The maximum atomic E-state index is 14.0. The normalized spacial score (nSPS) is 10.8. The van der Waals surface area contributed by atoms with Gasteiger partial charge < -0.3 is 9.40 Å². The molecule has 2 heterocycles. The Morgan fingerprint density at radius 2 is 2.16 bits per heavy atom. The van der Waals surface area contributed by atoms with Gasteiger partial charge in [0.2, 0.25) is 0 Å². The summed E-state index contributed by atoms with van der Waals surface area (Å²) in [6.07, 6.45) is 4.95. The van der Waals surface area contributed by atoms with E-state index in [0.717, 1.165) is 6.07 Å². The number of imidazole rings is 1. The lowest BCUT2D eigenvalue weighted by atomic mass is 10.0. The first-order valence-corrected chi connectivity index (χ1v) is 5.74. The van der Waals surface area contributed by atoms with E-state index in [0.29, 0.717) is 22.7 Å². The highest BCUT2D eigenvalue weighted by Gasteiger charge is 2.16. The first-order valence-electron chi connectivity index (χ1n) is 5.74. The van der Waals surface area contributed by atoms with Crippen LogP contribution in [0.3, 0.4) is 0 Å². The van der Waals surface area contributed by atoms with Crippen molar-refractivity contribution in [1.82, 2.24) is 9.97 Å². The van der Waals surface area contributed by atoms with Gasteiger partial charge in [-0.2, -0.15) is 0 Å². The van der Waals surface area contributed by atoms with Gasteiger partial charge in [0.1, 0.15) is 23.2 Å². The van der Waals surface area contributed by atoms with E-state index in [-0.39, 0.29) is 6.42 Å². The lowest BCUT2D eigenvalue weighted by Gasteiger charge is -2.08. The van der Waals surface area contributed by atoms with Gasteiger partial charge in [-0.15, -0.1) is 0 Å². The molecule has 0 aliphatic carbocycles. The number of halogens is 2. The number of nitrogens with zero attached hydrogens (tertiary/aromatic N) is 1. The lowest BCUT2D eigenvalue weighted by Crippen LogP contribution is -1.99. The molecule has 19 heavy (non-hydrogen) atoms. The van der Waals surface area contributed by atoms with E-state index in [1.807, 2.05) is 0 Å². The van der Waals surface area contributed by atoms with Crippen LogP contribution in [0.4, 0.5) is 8.78 Å². The zero-order valence-corrected chi connectivity index (χ0v) is 9.86. The quantitative estimate of drug-likeness (QED) is 0.782. The van der Waals surface area contributed by atoms with Crippen molar-refractivity contribution in [3.05, 3.63) is 65.9 Å². The van der Waals surface area contributed by atoms with E-state index in [9.17, 15) is 8.78 Å². The maximum absolute atomic E-state index is 14.0. The van der Waals surface area contributed by atoms with E-state index in [1.54, 1.807) is 24.5 Å². The van der Waals surface area contributed by atoms with E-state index in [4.69, 9.17) is 4.42 Å². The number of benzene rings is 1. The molecular weight excluding hydrogens is 250 g/mol. The van der Waals surface area contributed by atoms with Crippen LogP contribution in [-0.2, 0) is 6.42 Å². The third kappa shape index (κ3) is 2.27. The third-order valence-electron chi connectivity index (χ3n) is 2.85. The number of aromatic amines is 1. The smallest absolute Gasteiger partial charge is 0.134 e. The fourth-order valence-corrected chi connectivity index (χ4v) is 2.00. The molecule has 0 fully saturated rings.